The summed E-state index contributed by atoms with van der Waals surface area (Å²) in [6, 6.07) is 11.7. The average molecular weight is 494 g/mol. The molecule has 2 aromatic carbocycles. The molecular formula is C23H22F3N3O4S. The number of nitrogens with zero attached hydrogens (tertiary/aromatic N) is 2. The van der Waals surface area contributed by atoms with Gasteiger partial charge < -0.3 is 10.1 Å². The number of carbonyl (C=O) groups excluding carboxylic acids is 1. The summed E-state index contributed by atoms with van der Waals surface area (Å²) >= 11 is 0. The van der Waals surface area contributed by atoms with Gasteiger partial charge in [-0.15, -0.1) is 0 Å². The SMILES string of the molecule is O=C(Nc1cc(S(=O)(=O)N2CCCCC2)ccc1OCC(F)(F)F)c1cccc2ncccc12. The predicted molar refractivity (Wildman–Crippen MR) is 120 cm³/mol. The third kappa shape index (κ3) is 5.31. The molecule has 7 nitrogen and oxygen atoms in total. The van der Waals surface area contributed by atoms with Gasteiger partial charge >= 0.3 is 6.18 Å². The molecule has 0 spiro atoms. The van der Waals surface area contributed by atoms with Gasteiger partial charge in [-0.2, -0.15) is 17.5 Å². The number of aromatic nitrogens is 1. The molecule has 1 aromatic heterocycles. The number of carbonyl (C=O) groups is 1. The van der Waals surface area contributed by atoms with Crippen LogP contribution in [0.1, 0.15) is 29.6 Å². The lowest BCUT2D eigenvalue weighted by molar-refractivity contribution is -0.153. The maximum Gasteiger partial charge on any atom is 0.422 e. The van der Waals surface area contributed by atoms with Gasteiger partial charge in [-0.1, -0.05) is 18.6 Å². The summed E-state index contributed by atoms with van der Waals surface area (Å²) in [4.78, 5) is 17.1. The quantitative estimate of drug-likeness (QED) is 0.542. The number of ether oxygens (including phenoxy) is 1. The Morgan fingerprint density at radius 2 is 1.82 bits per heavy atom. The van der Waals surface area contributed by atoms with Crippen LogP contribution in [0.5, 0.6) is 5.75 Å². The van der Waals surface area contributed by atoms with Crippen molar-refractivity contribution in [2.24, 2.45) is 0 Å². The summed E-state index contributed by atoms with van der Waals surface area (Å²) in [5.41, 5.74) is 0.620. The lowest BCUT2D eigenvalue weighted by Crippen LogP contribution is -2.35. The van der Waals surface area contributed by atoms with Gasteiger partial charge in [-0.25, -0.2) is 8.42 Å². The van der Waals surface area contributed by atoms with Crippen molar-refractivity contribution in [1.29, 1.82) is 0 Å². The number of nitrogens with one attached hydrogen (secondary N) is 1. The first kappa shape index (κ1) is 24.0. The third-order valence-electron chi connectivity index (χ3n) is 5.43. The molecule has 1 aliphatic rings. The Labute approximate surface area is 194 Å². The number of anilines is 1. The number of alkyl halides is 3. The largest absolute Gasteiger partial charge is 0.482 e. The molecule has 2 heterocycles. The molecule has 0 atom stereocenters. The smallest absolute Gasteiger partial charge is 0.422 e. The van der Waals surface area contributed by atoms with E-state index in [-0.39, 0.29) is 21.9 Å². The van der Waals surface area contributed by atoms with Crippen molar-refractivity contribution in [2.75, 3.05) is 25.0 Å². The molecule has 11 heteroatoms. The highest BCUT2D eigenvalue weighted by Crippen LogP contribution is 2.32. The van der Waals surface area contributed by atoms with Crippen molar-refractivity contribution in [3.8, 4) is 5.75 Å². The number of fused-ring (bicyclic) bond motifs is 1. The molecule has 0 unspecified atom stereocenters. The van der Waals surface area contributed by atoms with E-state index < -0.39 is 28.7 Å². The minimum absolute atomic E-state index is 0.136. The first-order valence-electron chi connectivity index (χ1n) is 10.6. The fourth-order valence-electron chi connectivity index (χ4n) is 3.80. The Bertz CT molecular complexity index is 1300. The van der Waals surface area contributed by atoms with E-state index in [1.165, 1.54) is 10.4 Å². The van der Waals surface area contributed by atoms with Crippen LogP contribution in [-0.4, -0.2) is 49.5 Å². The maximum atomic E-state index is 13.1. The van der Waals surface area contributed by atoms with Crippen LogP contribution in [-0.2, 0) is 10.0 Å². The number of rotatable bonds is 6. The van der Waals surface area contributed by atoms with Crippen molar-refractivity contribution in [2.45, 2.75) is 30.3 Å². The number of hydrogen-bond acceptors (Lipinski definition) is 5. The number of benzene rings is 2. The van der Waals surface area contributed by atoms with Crippen LogP contribution in [0.4, 0.5) is 18.9 Å². The molecular weight excluding hydrogens is 471 g/mol. The van der Waals surface area contributed by atoms with Gasteiger partial charge in [0.1, 0.15) is 5.75 Å². The first-order chi connectivity index (χ1) is 16.1. The highest BCUT2D eigenvalue weighted by atomic mass is 32.2. The van der Waals surface area contributed by atoms with Gasteiger partial charge in [-0.05, 0) is 49.2 Å². The van der Waals surface area contributed by atoms with Crippen molar-refractivity contribution < 1.29 is 31.1 Å². The van der Waals surface area contributed by atoms with E-state index in [9.17, 15) is 26.4 Å². The second-order valence-corrected chi connectivity index (χ2v) is 9.79. The molecule has 1 fully saturated rings. The highest BCUT2D eigenvalue weighted by molar-refractivity contribution is 7.89. The second kappa shape index (κ2) is 9.59. The van der Waals surface area contributed by atoms with Gasteiger partial charge in [0.15, 0.2) is 6.61 Å². The third-order valence-corrected chi connectivity index (χ3v) is 7.33. The highest BCUT2D eigenvalue weighted by Gasteiger charge is 2.30. The number of halogens is 3. The van der Waals surface area contributed by atoms with Gasteiger partial charge in [-0.3, -0.25) is 9.78 Å². The zero-order valence-corrected chi connectivity index (χ0v) is 18.8. The Morgan fingerprint density at radius 3 is 2.56 bits per heavy atom. The Morgan fingerprint density at radius 1 is 1.06 bits per heavy atom. The molecule has 1 N–H and O–H groups in total. The van der Waals surface area contributed by atoms with Gasteiger partial charge in [0.05, 0.1) is 16.1 Å². The molecule has 0 aliphatic carbocycles. The van der Waals surface area contributed by atoms with E-state index >= 15 is 0 Å². The monoisotopic (exact) mass is 493 g/mol. The number of hydrogen-bond donors (Lipinski definition) is 1. The predicted octanol–water partition coefficient (Wildman–Crippen LogP) is 4.60. The minimum atomic E-state index is -4.61. The standard InChI is InChI=1S/C23H22F3N3O4S/c24-23(25,26)15-33-21-10-9-16(34(31,32)29-12-2-1-3-13-29)14-20(21)28-22(30)18-6-4-8-19-17(18)7-5-11-27-19/h4-11,14H,1-3,12-13,15H2,(H,28,30). The summed E-state index contributed by atoms with van der Waals surface area (Å²) in [6.45, 7) is -0.870. The molecule has 180 valence electrons. The molecule has 3 aromatic rings. The topological polar surface area (TPSA) is 88.6 Å². The van der Waals surface area contributed by atoms with Crippen LogP contribution in [0.15, 0.2) is 59.6 Å². The van der Waals surface area contributed by atoms with Crippen LogP contribution in [0.3, 0.4) is 0 Å². The fraction of sp³-hybridized carbons (Fsp3) is 0.304. The zero-order chi connectivity index (χ0) is 24.3. The summed E-state index contributed by atoms with van der Waals surface area (Å²) in [6.07, 6.45) is -0.657. The minimum Gasteiger partial charge on any atom is -0.482 e. The van der Waals surface area contributed by atoms with Crippen molar-refractivity contribution >= 4 is 32.5 Å². The van der Waals surface area contributed by atoms with Gasteiger partial charge in [0, 0.05) is 30.2 Å². The maximum absolute atomic E-state index is 13.1. The van der Waals surface area contributed by atoms with Crippen LogP contribution in [0.2, 0.25) is 0 Å². The number of piperidine rings is 1. The molecule has 1 amide bonds. The van der Waals surface area contributed by atoms with Crippen molar-refractivity contribution in [3.63, 3.8) is 0 Å². The Balaban J connectivity index is 1.70. The van der Waals surface area contributed by atoms with Crippen molar-refractivity contribution in [1.82, 2.24) is 9.29 Å². The summed E-state index contributed by atoms with van der Waals surface area (Å²) in [7, 11) is -3.89. The lowest BCUT2D eigenvalue weighted by Gasteiger charge is -2.26. The zero-order valence-electron chi connectivity index (χ0n) is 18.0. The lowest BCUT2D eigenvalue weighted by atomic mass is 10.1. The van der Waals surface area contributed by atoms with E-state index in [0.29, 0.717) is 24.0 Å². The summed E-state index contributed by atoms with van der Waals surface area (Å²) in [5, 5.41) is 3.07. The van der Waals surface area contributed by atoms with E-state index in [0.717, 1.165) is 31.4 Å². The second-order valence-electron chi connectivity index (χ2n) is 7.86. The Hall–Kier alpha value is -3.18. The molecule has 1 saturated heterocycles. The van der Waals surface area contributed by atoms with E-state index in [1.807, 2.05) is 0 Å². The van der Waals surface area contributed by atoms with Crippen LogP contribution < -0.4 is 10.1 Å². The Kier molecular flexibility index (Phi) is 6.76. The molecule has 34 heavy (non-hydrogen) atoms. The fourth-order valence-corrected chi connectivity index (χ4v) is 5.34. The van der Waals surface area contributed by atoms with E-state index in [4.69, 9.17) is 4.74 Å². The summed E-state index contributed by atoms with van der Waals surface area (Å²) in [5.74, 6) is -0.926. The average Bonchev–Trinajstić information content (AvgIpc) is 2.82. The molecule has 1 aliphatic heterocycles. The number of sulfonamides is 1. The number of pyridine rings is 1. The molecule has 4 rings (SSSR count). The van der Waals surface area contributed by atoms with E-state index in [1.54, 1.807) is 36.5 Å². The summed E-state index contributed by atoms with van der Waals surface area (Å²) < 4.78 is 70.7. The van der Waals surface area contributed by atoms with Crippen LogP contribution in [0, 0.1) is 0 Å². The van der Waals surface area contributed by atoms with Crippen LogP contribution >= 0.6 is 0 Å². The molecule has 0 saturated carbocycles. The first-order valence-corrected chi connectivity index (χ1v) is 12.1. The van der Waals surface area contributed by atoms with Crippen LogP contribution in [0.25, 0.3) is 10.9 Å². The van der Waals surface area contributed by atoms with E-state index in [2.05, 4.69) is 10.3 Å². The molecule has 0 bridgehead atoms. The van der Waals surface area contributed by atoms with Gasteiger partial charge in [0.25, 0.3) is 5.91 Å². The normalized spacial score (nSPS) is 15.3. The van der Waals surface area contributed by atoms with Crippen molar-refractivity contribution in [3.05, 3.63) is 60.3 Å². The molecule has 0 radical (unpaired) electrons. The number of amides is 1. The van der Waals surface area contributed by atoms with Gasteiger partial charge in [0.2, 0.25) is 10.0 Å².